The lowest BCUT2D eigenvalue weighted by atomic mass is 10.0. The molecule has 0 aromatic heterocycles. The summed E-state index contributed by atoms with van der Waals surface area (Å²) in [5.41, 5.74) is 1.02. The van der Waals surface area contributed by atoms with Gasteiger partial charge in [0.15, 0.2) is 5.78 Å². The number of rotatable bonds is 14. The predicted octanol–water partition coefficient (Wildman–Crippen LogP) is 2.22. The molecule has 0 radical (unpaired) electrons. The van der Waals surface area contributed by atoms with Crippen LogP contribution in [0.25, 0.3) is 0 Å². The highest BCUT2D eigenvalue weighted by Crippen LogP contribution is 2.07. The van der Waals surface area contributed by atoms with Crippen LogP contribution >= 0.6 is 0 Å². The molecule has 192 valence electrons. The second kappa shape index (κ2) is 17.7. The Morgan fingerprint density at radius 3 is 2.00 bits per heavy atom. The van der Waals surface area contributed by atoms with Crippen molar-refractivity contribution in [3.63, 3.8) is 0 Å². The van der Waals surface area contributed by atoms with Crippen molar-refractivity contribution in [3.05, 3.63) is 35.9 Å². The van der Waals surface area contributed by atoms with Gasteiger partial charge in [-0.25, -0.2) is 0 Å². The number of nitrogens with one attached hydrogen (secondary N) is 4. The number of Topliss-reactive ketones (excluding diaryl/α,β-unsaturated/α-hetero) is 1. The van der Waals surface area contributed by atoms with E-state index in [0.29, 0.717) is 18.7 Å². The molecule has 0 saturated heterocycles. The van der Waals surface area contributed by atoms with Crippen LogP contribution in [0.1, 0.15) is 60.5 Å². The lowest BCUT2D eigenvalue weighted by molar-refractivity contribution is -0.129. The molecule has 0 aliphatic rings. The van der Waals surface area contributed by atoms with Crippen molar-refractivity contribution in [1.82, 2.24) is 21.3 Å². The van der Waals surface area contributed by atoms with E-state index in [1.54, 1.807) is 13.8 Å². The number of ketones is 1. The number of benzene rings is 1. The van der Waals surface area contributed by atoms with Gasteiger partial charge in [-0.1, -0.05) is 71.9 Å². The maximum absolute atomic E-state index is 12.7. The maximum atomic E-state index is 12.7. The third-order valence-electron chi connectivity index (χ3n) is 4.82. The molecule has 1 aromatic carbocycles. The van der Waals surface area contributed by atoms with E-state index in [-0.39, 0.29) is 48.7 Å². The average Bonchev–Trinajstić information content (AvgIpc) is 2.76. The fourth-order valence-electron chi connectivity index (χ4n) is 3.06. The lowest BCUT2D eigenvalue weighted by Gasteiger charge is -2.23. The number of amides is 3. The average molecular weight is 477 g/mol. The fraction of sp³-hybridized carbons (Fsp3) is 0.615. The Morgan fingerprint density at radius 2 is 1.50 bits per heavy atom. The van der Waals surface area contributed by atoms with Crippen molar-refractivity contribution in [2.45, 2.75) is 79.4 Å². The molecule has 4 N–H and O–H groups in total. The van der Waals surface area contributed by atoms with Gasteiger partial charge in [-0.05, 0) is 24.8 Å². The standard InChI is InChI=1S/C20H33N3O2.C6H11NO2/c1-14(2)11-16(5)22-20(25)18(12-17-9-7-6-8-10-17)23-19(24)13-21-15(3)4;1-5(2)6(9)3-7-4-8/h6-10,14-16,18,21H,11-13H2,1-5H3,(H,22,25)(H,23,24);4-5H,3H2,1-2H3,(H,7,8). The number of carbonyl (C=O) groups is 4. The van der Waals surface area contributed by atoms with Gasteiger partial charge in [-0.2, -0.15) is 0 Å². The van der Waals surface area contributed by atoms with E-state index in [1.807, 2.05) is 51.1 Å². The quantitative estimate of drug-likeness (QED) is 0.307. The van der Waals surface area contributed by atoms with E-state index in [9.17, 15) is 19.2 Å². The second-order valence-electron chi connectivity index (χ2n) is 9.50. The first-order valence-electron chi connectivity index (χ1n) is 12.0. The SMILES string of the molecule is CC(C)C(=O)CNC=O.CC(C)CC(C)NC(=O)C(Cc1ccccc1)NC(=O)CNC(C)C. The first kappa shape index (κ1) is 31.3. The Morgan fingerprint density at radius 1 is 0.882 bits per heavy atom. The minimum Gasteiger partial charge on any atom is -0.352 e. The molecule has 0 bridgehead atoms. The second-order valence-corrected chi connectivity index (χ2v) is 9.50. The van der Waals surface area contributed by atoms with Crippen molar-refractivity contribution in [2.75, 3.05) is 13.1 Å². The molecule has 8 heteroatoms. The van der Waals surface area contributed by atoms with E-state index >= 15 is 0 Å². The zero-order valence-corrected chi connectivity index (χ0v) is 21.8. The van der Waals surface area contributed by atoms with E-state index in [4.69, 9.17) is 0 Å². The highest BCUT2D eigenvalue weighted by Gasteiger charge is 2.22. The zero-order chi connectivity index (χ0) is 26.1. The highest BCUT2D eigenvalue weighted by molar-refractivity contribution is 5.88. The Balaban J connectivity index is 0.00000102. The molecular weight excluding hydrogens is 432 g/mol. The van der Waals surface area contributed by atoms with Gasteiger partial charge < -0.3 is 21.3 Å². The molecule has 2 unspecified atom stereocenters. The summed E-state index contributed by atoms with van der Waals surface area (Å²) < 4.78 is 0. The van der Waals surface area contributed by atoms with Crippen LogP contribution in [0, 0.1) is 11.8 Å². The zero-order valence-electron chi connectivity index (χ0n) is 21.8. The molecule has 1 rings (SSSR count). The van der Waals surface area contributed by atoms with Gasteiger partial charge >= 0.3 is 0 Å². The fourth-order valence-corrected chi connectivity index (χ4v) is 3.06. The van der Waals surface area contributed by atoms with Gasteiger partial charge in [0, 0.05) is 24.4 Å². The van der Waals surface area contributed by atoms with Crippen molar-refractivity contribution >= 4 is 24.0 Å². The van der Waals surface area contributed by atoms with Crippen molar-refractivity contribution in [2.24, 2.45) is 11.8 Å². The minimum atomic E-state index is -0.571. The normalized spacial score (nSPS) is 12.4. The summed E-state index contributed by atoms with van der Waals surface area (Å²) in [7, 11) is 0. The monoisotopic (exact) mass is 476 g/mol. The summed E-state index contributed by atoms with van der Waals surface area (Å²) in [4.78, 5) is 45.2. The molecule has 0 aliphatic heterocycles. The van der Waals surface area contributed by atoms with E-state index < -0.39 is 6.04 Å². The summed E-state index contributed by atoms with van der Waals surface area (Å²) in [6.45, 7) is 14.2. The van der Waals surface area contributed by atoms with Crippen LogP contribution in [0.15, 0.2) is 30.3 Å². The van der Waals surface area contributed by atoms with Crippen molar-refractivity contribution < 1.29 is 19.2 Å². The molecule has 1 aromatic rings. The topological polar surface area (TPSA) is 116 Å². The Hall–Kier alpha value is -2.74. The van der Waals surface area contributed by atoms with Crippen LogP contribution in [0.5, 0.6) is 0 Å². The third-order valence-corrected chi connectivity index (χ3v) is 4.82. The van der Waals surface area contributed by atoms with Gasteiger partial charge in [-0.3, -0.25) is 19.2 Å². The minimum absolute atomic E-state index is 0.0115. The first-order chi connectivity index (χ1) is 16.0. The Labute approximate surface area is 205 Å². The van der Waals surface area contributed by atoms with Crippen LogP contribution in [0.3, 0.4) is 0 Å². The van der Waals surface area contributed by atoms with Gasteiger partial charge in [0.05, 0.1) is 13.1 Å². The van der Waals surface area contributed by atoms with Gasteiger partial charge in [0.2, 0.25) is 18.2 Å². The van der Waals surface area contributed by atoms with Gasteiger partial charge in [0.1, 0.15) is 6.04 Å². The first-order valence-corrected chi connectivity index (χ1v) is 12.0. The number of carbonyl (C=O) groups excluding carboxylic acids is 4. The maximum Gasteiger partial charge on any atom is 0.243 e. The van der Waals surface area contributed by atoms with Crippen LogP contribution in [-0.4, -0.2) is 55.2 Å². The molecule has 2 atom stereocenters. The van der Waals surface area contributed by atoms with E-state index in [0.717, 1.165) is 12.0 Å². The summed E-state index contributed by atoms with van der Waals surface area (Å²) in [5, 5.41) is 11.3. The molecule has 0 heterocycles. The van der Waals surface area contributed by atoms with E-state index in [2.05, 4.69) is 35.1 Å². The van der Waals surface area contributed by atoms with Crippen LogP contribution in [0.4, 0.5) is 0 Å². The van der Waals surface area contributed by atoms with Crippen LogP contribution in [-0.2, 0) is 25.6 Å². The van der Waals surface area contributed by atoms with Gasteiger partial charge in [-0.15, -0.1) is 0 Å². The summed E-state index contributed by atoms with van der Waals surface area (Å²) >= 11 is 0. The van der Waals surface area contributed by atoms with Crippen LogP contribution in [0.2, 0.25) is 0 Å². The summed E-state index contributed by atoms with van der Waals surface area (Å²) in [6, 6.07) is 9.48. The lowest BCUT2D eigenvalue weighted by Crippen LogP contribution is -2.52. The molecule has 34 heavy (non-hydrogen) atoms. The van der Waals surface area contributed by atoms with E-state index in [1.165, 1.54) is 0 Å². The van der Waals surface area contributed by atoms with Gasteiger partial charge in [0.25, 0.3) is 0 Å². The van der Waals surface area contributed by atoms with Crippen molar-refractivity contribution in [1.29, 1.82) is 0 Å². The number of hydrogen-bond donors (Lipinski definition) is 4. The molecular formula is C26H44N4O4. The number of hydrogen-bond acceptors (Lipinski definition) is 5. The smallest absolute Gasteiger partial charge is 0.243 e. The summed E-state index contributed by atoms with van der Waals surface area (Å²) in [5.74, 6) is 0.281. The molecule has 0 aliphatic carbocycles. The molecule has 0 spiro atoms. The van der Waals surface area contributed by atoms with Crippen molar-refractivity contribution in [3.8, 4) is 0 Å². The molecule has 0 fully saturated rings. The Bertz CT molecular complexity index is 736. The third kappa shape index (κ3) is 16.0. The summed E-state index contributed by atoms with van der Waals surface area (Å²) in [6.07, 6.45) is 1.92. The molecule has 0 saturated carbocycles. The highest BCUT2D eigenvalue weighted by atomic mass is 16.2. The largest absolute Gasteiger partial charge is 0.352 e. The Kier molecular flexibility index (Phi) is 16.3. The van der Waals surface area contributed by atoms with Crippen LogP contribution < -0.4 is 21.3 Å². The molecule has 8 nitrogen and oxygen atoms in total. The predicted molar refractivity (Wildman–Crippen MR) is 136 cm³/mol. The molecule has 3 amide bonds.